The van der Waals surface area contributed by atoms with Gasteiger partial charge in [0.05, 0.1) is 0 Å². The van der Waals surface area contributed by atoms with Crippen molar-refractivity contribution >= 4 is 15.9 Å². The van der Waals surface area contributed by atoms with Gasteiger partial charge < -0.3 is 5.11 Å². The zero-order valence-corrected chi connectivity index (χ0v) is 8.29. The van der Waals surface area contributed by atoms with E-state index in [1.165, 1.54) is 5.56 Å². The Bertz CT molecular complexity index is 268. The fraction of sp³-hybridized carbons (Fsp3) is 0.400. The molecule has 0 heterocycles. The summed E-state index contributed by atoms with van der Waals surface area (Å²) in [5.41, 5.74) is 1.36. The zero-order valence-electron chi connectivity index (χ0n) is 6.70. The number of aliphatic hydroxyl groups excluding tert-OH is 1. The van der Waals surface area contributed by atoms with Crippen LogP contribution in [-0.4, -0.2) is 11.7 Å². The Labute approximate surface area is 80.5 Å². The van der Waals surface area contributed by atoms with Gasteiger partial charge in [0.15, 0.2) is 0 Å². The second-order valence-corrected chi connectivity index (χ2v) is 4.25. The van der Waals surface area contributed by atoms with E-state index in [0.717, 1.165) is 10.9 Å². The van der Waals surface area contributed by atoms with Gasteiger partial charge in [0.1, 0.15) is 0 Å². The van der Waals surface area contributed by atoms with Gasteiger partial charge in [0.2, 0.25) is 0 Å². The first-order valence-electron chi connectivity index (χ1n) is 4.17. The Morgan fingerprint density at radius 1 is 1.33 bits per heavy atom. The maximum absolute atomic E-state index is 8.88. The van der Waals surface area contributed by atoms with Crippen LogP contribution in [0.1, 0.15) is 17.9 Å². The summed E-state index contributed by atoms with van der Waals surface area (Å²) < 4.78 is 1.12. The maximum Gasteiger partial charge on any atom is 0.0465 e. The van der Waals surface area contributed by atoms with Gasteiger partial charge in [-0.15, -0.1) is 0 Å². The number of benzene rings is 1. The topological polar surface area (TPSA) is 20.2 Å². The first-order valence-corrected chi connectivity index (χ1v) is 4.97. The highest BCUT2D eigenvalue weighted by atomic mass is 79.9. The van der Waals surface area contributed by atoms with Gasteiger partial charge in [-0.2, -0.15) is 0 Å². The average Bonchev–Trinajstić information content (AvgIpc) is 2.85. The molecular weight excluding hydrogens is 216 g/mol. The second kappa shape index (κ2) is 3.19. The molecule has 64 valence electrons. The molecule has 1 saturated carbocycles. The molecule has 0 amide bonds. The normalized spacial score (nSPS) is 27.2. The quantitative estimate of drug-likeness (QED) is 0.823. The molecule has 1 nitrogen and oxygen atoms in total. The van der Waals surface area contributed by atoms with Crippen LogP contribution in [0.15, 0.2) is 28.7 Å². The van der Waals surface area contributed by atoms with Crippen molar-refractivity contribution in [2.75, 3.05) is 6.61 Å². The molecule has 1 aliphatic carbocycles. The molecular formula is C10H11BrO. The Hall–Kier alpha value is -0.340. The molecule has 2 rings (SSSR count). The van der Waals surface area contributed by atoms with Gasteiger partial charge in [-0.25, -0.2) is 0 Å². The lowest BCUT2D eigenvalue weighted by Gasteiger charge is -1.98. The van der Waals surface area contributed by atoms with Gasteiger partial charge in [-0.3, -0.25) is 0 Å². The number of hydrogen-bond acceptors (Lipinski definition) is 1. The highest BCUT2D eigenvalue weighted by Gasteiger charge is 2.37. The molecule has 2 heteroatoms. The fourth-order valence-corrected chi connectivity index (χ4v) is 1.83. The summed E-state index contributed by atoms with van der Waals surface area (Å²) in [5, 5.41) is 8.88. The van der Waals surface area contributed by atoms with Crippen molar-refractivity contribution in [3.05, 3.63) is 34.3 Å². The van der Waals surface area contributed by atoms with E-state index in [-0.39, 0.29) is 0 Å². The van der Waals surface area contributed by atoms with E-state index in [9.17, 15) is 0 Å². The standard InChI is InChI=1S/C10H11BrO/c11-9-3-1-7(2-4-9)10-5-8(10)6-12/h1-4,8,10,12H,5-6H2/t8-,10+/m1/s1. The lowest BCUT2D eigenvalue weighted by atomic mass is 10.1. The summed E-state index contributed by atoms with van der Waals surface area (Å²) in [6, 6.07) is 8.37. The summed E-state index contributed by atoms with van der Waals surface area (Å²) >= 11 is 3.40. The third-order valence-electron chi connectivity index (χ3n) is 2.46. The Morgan fingerprint density at radius 2 is 2.00 bits per heavy atom. The molecule has 0 unspecified atom stereocenters. The molecule has 1 fully saturated rings. The van der Waals surface area contributed by atoms with Gasteiger partial charge >= 0.3 is 0 Å². The number of hydrogen-bond donors (Lipinski definition) is 1. The van der Waals surface area contributed by atoms with Crippen molar-refractivity contribution in [2.24, 2.45) is 5.92 Å². The predicted molar refractivity (Wildman–Crippen MR) is 52.1 cm³/mol. The van der Waals surface area contributed by atoms with Gasteiger partial charge in [-0.1, -0.05) is 28.1 Å². The van der Waals surface area contributed by atoms with Gasteiger partial charge in [0.25, 0.3) is 0 Å². The molecule has 0 saturated heterocycles. The van der Waals surface area contributed by atoms with Crippen molar-refractivity contribution < 1.29 is 5.11 Å². The van der Waals surface area contributed by atoms with Gasteiger partial charge in [-0.05, 0) is 36.0 Å². The Kier molecular flexibility index (Phi) is 2.20. The molecule has 2 atom stereocenters. The lowest BCUT2D eigenvalue weighted by Crippen LogP contribution is -1.87. The van der Waals surface area contributed by atoms with E-state index >= 15 is 0 Å². The molecule has 0 aliphatic heterocycles. The van der Waals surface area contributed by atoms with E-state index in [1.54, 1.807) is 0 Å². The minimum absolute atomic E-state index is 0.334. The van der Waals surface area contributed by atoms with E-state index in [4.69, 9.17) is 5.11 Å². The van der Waals surface area contributed by atoms with Crippen molar-refractivity contribution in [3.8, 4) is 0 Å². The third-order valence-corrected chi connectivity index (χ3v) is 2.98. The van der Waals surface area contributed by atoms with Crippen LogP contribution in [0.5, 0.6) is 0 Å². The van der Waals surface area contributed by atoms with Crippen LogP contribution in [0.2, 0.25) is 0 Å². The third kappa shape index (κ3) is 1.54. The SMILES string of the molecule is OC[C@H]1C[C@H]1c1ccc(Br)cc1. The average molecular weight is 227 g/mol. The van der Waals surface area contributed by atoms with E-state index < -0.39 is 0 Å². The summed E-state index contributed by atoms with van der Waals surface area (Å²) in [7, 11) is 0. The molecule has 0 bridgehead atoms. The molecule has 1 N–H and O–H groups in total. The van der Waals surface area contributed by atoms with Crippen LogP contribution in [0.4, 0.5) is 0 Å². The smallest absolute Gasteiger partial charge is 0.0465 e. The van der Waals surface area contributed by atoms with E-state index in [0.29, 0.717) is 18.4 Å². The van der Waals surface area contributed by atoms with Crippen LogP contribution < -0.4 is 0 Å². The van der Waals surface area contributed by atoms with Crippen LogP contribution in [0.3, 0.4) is 0 Å². The maximum atomic E-state index is 8.88. The molecule has 1 aliphatic rings. The number of rotatable bonds is 2. The molecule has 0 aromatic heterocycles. The van der Waals surface area contributed by atoms with Crippen LogP contribution in [-0.2, 0) is 0 Å². The minimum Gasteiger partial charge on any atom is -0.396 e. The second-order valence-electron chi connectivity index (χ2n) is 3.34. The van der Waals surface area contributed by atoms with Crippen molar-refractivity contribution in [1.82, 2.24) is 0 Å². The number of aliphatic hydroxyl groups is 1. The van der Waals surface area contributed by atoms with Crippen LogP contribution >= 0.6 is 15.9 Å². The zero-order chi connectivity index (χ0) is 8.55. The van der Waals surface area contributed by atoms with Gasteiger partial charge in [0, 0.05) is 11.1 Å². The molecule has 0 spiro atoms. The Balaban J connectivity index is 2.10. The van der Waals surface area contributed by atoms with Crippen molar-refractivity contribution in [2.45, 2.75) is 12.3 Å². The van der Waals surface area contributed by atoms with E-state index in [2.05, 4.69) is 40.2 Å². The summed E-state index contributed by atoms with van der Waals surface area (Å²) in [6.45, 7) is 0.334. The number of halogens is 1. The van der Waals surface area contributed by atoms with Crippen LogP contribution in [0, 0.1) is 5.92 Å². The summed E-state index contributed by atoms with van der Waals surface area (Å²) in [4.78, 5) is 0. The fourth-order valence-electron chi connectivity index (χ4n) is 1.57. The highest BCUT2D eigenvalue weighted by molar-refractivity contribution is 9.10. The largest absolute Gasteiger partial charge is 0.396 e. The van der Waals surface area contributed by atoms with Crippen LogP contribution in [0.25, 0.3) is 0 Å². The lowest BCUT2D eigenvalue weighted by molar-refractivity contribution is 0.274. The molecule has 0 radical (unpaired) electrons. The molecule has 1 aromatic rings. The summed E-state index contributed by atoms with van der Waals surface area (Å²) in [5.74, 6) is 1.13. The van der Waals surface area contributed by atoms with E-state index in [1.807, 2.05) is 0 Å². The minimum atomic E-state index is 0.334. The van der Waals surface area contributed by atoms with Crippen molar-refractivity contribution in [1.29, 1.82) is 0 Å². The molecule has 12 heavy (non-hydrogen) atoms. The highest BCUT2D eigenvalue weighted by Crippen LogP contribution is 2.46. The first kappa shape index (κ1) is 8.27. The Morgan fingerprint density at radius 3 is 2.50 bits per heavy atom. The first-order chi connectivity index (χ1) is 5.81. The monoisotopic (exact) mass is 226 g/mol. The molecule has 1 aromatic carbocycles. The summed E-state index contributed by atoms with van der Waals surface area (Å²) in [6.07, 6.45) is 1.15. The predicted octanol–water partition coefficient (Wildman–Crippen LogP) is 2.54. The van der Waals surface area contributed by atoms with Crippen molar-refractivity contribution in [3.63, 3.8) is 0 Å².